The molecule has 1 aromatic heterocycles. The Morgan fingerprint density at radius 2 is 1.88 bits per heavy atom. The first-order chi connectivity index (χ1) is 15.4. The average Bonchev–Trinajstić information content (AvgIpc) is 2.97. The van der Waals surface area contributed by atoms with Gasteiger partial charge in [0.2, 0.25) is 5.88 Å². The first kappa shape index (κ1) is 24.9. The van der Waals surface area contributed by atoms with Crippen molar-refractivity contribution >= 4 is 31.5 Å². The molecule has 0 fully saturated rings. The van der Waals surface area contributed by atoms with Gasteiger partial charge in [-0.3, -0.25) is 4.79 Å². The molecule has 12 heteroatoms. The van der Waals surface area contributed by atoms with Gasteiger partial charge in [0, 0.05) is 19.0 Å². The monoisotopic (exact) mass is 497 g/mol. The highest BCUT2D eigenvalue weighted by Crippen LogP contribution is 2.38. The lowest BCUT2D eigenvalue weighted by molar-refractivity contribution is 0.0985. The molecule has 0 bridgehead atoms. The molecule has 180 valence electrons. The molecule has 3 rings (SSSR count). The van der Waals surface area contributed by atoms with Crippen LogP contribution in [0.25, 0.3) is 0 Å². The topological polar surface area (TPSA) is 134 Å². The Morgan fingerprint density at radius 1 is 1.24 bits per heavy atom. The maximum Gasteiger partial charge on any atom is 0.310 e. The number of rotatable bonds is 7. The number of carbonyl (C=O) groups is 1. The van der Waals surface area contributed by atoms with Gasteiger partial charge in [0.1, 0.15) is 17.9 Å². The normalized spacial score (nSPS) is 18.7. The van der Waals surface area contributed by atoms with Crippen molar-refractivity contribution in [3.05, 3.63) is 40.1 Å². The highest BCUT2D eigenvalue weighted by molar-refractivity contribution is 7.93. The van der Waals surface area contributed by atoms with Crippen LogP contribution in [0.5, 0.6) is 5.88 Å². The molecule has 2 heterocycles. The summed E-state index contributed by atoms with van der Waals surface area (Å²) in [6, 6.07) is 3.46. The van der Waals surface area contributed by atoms with E-state index < -0.39 is 31.0 Å². The average molecular weight is 498 g/mol. The number of hydrogen-bond donors (Lipinski definition) is 0. The number of ketones is 1. The molecule has 0 N–H and O–H groups in total. The van der Waals surface area contributed by atoms with E-state index in [1.807, 2.05) is 0 Å². The Kier molecular flexibility index (Phi) is 6.72. The molecule has 33 heavy (non-hydrogen) atoms. The van der Waals surface area contributed by atoms with Crippen LogP contribution in [0.15, 0.2) is 22.2 Å². The molecular formula is C21H27N3O7S2. The Labute approximate surface area is 193 Å². The smallest absolute Gasteiger partial charge is 0.310 e. The van der Waals surface area contributed by atoms with Crippen molar-refractivity contribution in [2.45, 2.75) is 50.7 Å². The Bertz CT molecular complexity index is 1360. The Hall–Kier alpha value is -2.73. The number of sulfone groups is 1. The third-order valence-corrected chi connectivity index (χ3v) is 9.00. The zero-order chi connectivity index (χ0) is 24.7. The van der Waals surface area contributed by atoms with Crippen LogP contribution in [-0.2, 0) is 31.8 Å². The summed E-state index contributed by atoms with van der Waals surface area (Å²) < 4.78 is 58.2. The van der Waals surface area contributed by atoms with Crippen LogP contribution in [-0.4, -0.2) is 56.2 Å². The second-order valence-electron chi connectivity index (χ2n) is 7.96. The zero-order valence-electron chi connectivity index (χ0n) is 19.4. The van der Waals surface area contributed by atoms with Gasteiger partial charge in [0.15, 0.2) is 15.6 Å². The number of aryl methyl sites for hydroxylation is 4. The van der Waals surface area contributed by atoms with Gasteiger partial charge in [0.25, 0.3) is 0 Å². The summed E-state index contributed by atoms with van der Waals surface area (Å²) >= 11 is 0. The molecule has 0 saturated carbocycles. The van der Waals surface area contributed by atoms with Gasteiger partial charge < -0.3 is 9.02 Å². The first-order valence-corrected chi connectivity index (χ1v) is 13.4. The number of aromatic nitrogens is 2. The van der Waals surface area contributed by atoms with E-state index in [9.17, 15) is 21.6 Å². The summed E-state index contributed by atoms with van der Waals surface area (Å²) in [4.78, 5) is 18.6. The molecule has 1 aliphatic rings. The second kappa shape index (κ2) is 8.90. The number of oxime groups is 1. The molecule has 1 aliphatic heterocycles. The molecule has 1 unspecified atom stereocenters. The highest BCUT2D eigenvalue weighted by atomic mass is 32.2. The maximum absolute atomic E-state index is 13.7. The van der Waals surface area contributed by atoms with Gasteiger partial charge in [0.05, 0.1) is 22.1 Å². The summed E-state index contributed by atoms with van der Waals surface area (Å²) in [7, 11) is -5.37. The van der Waals surface area contributed by atoms with E-state index in [-0.39, 0.29) is 34.2 Å². The number of fused-ring (bicyclic) bond motifs is 1. The van der Waals surface area contributed by atoms with Gasteiger partial charge in [-0.05, 0) is 38.3 Å². The van der Waals surface area contributed by atoms with Gasteiger partial charge in [-0.1, -0.05) is 24.2 Å². The number of benzene rings is 1. The fraction of sp³-hybridized carbons (Fsp3) is 0.476. The van der Waals surface area contributed by atoms with E-state index in [0.29, 0.717) is 28.8 Å². The molecule has 0 spiro atoms. The third kappa shape index (κ3) is 4.41. The highest BCUT2D eigenvalue weighted by Gasteiger charge is 2.45. The molecule has 0 amide bonds. The lowest BCUT2D eigenvalue weighted by atomic mass is 9.95. The molecular weight excluding hydrogens is 470 g/mol. The van der Waals surface area contributed by atoms with Gasteiger partial charge in [-0.15, -0.1) is 0 Å². The van der Waals surface area contributed by atoms with E-state index in [2.05, 4.69) is 10.3 Å². The van der Waals surface area contributed by atoms with Crippen molar-refractivity contribution in [1.29, 1.82) is 0 Å². The number of hydrogen-bond acceptors (Lipinski definition) is 9. The van der Waals surface area contributed by atoms with E-state index in [1.165, 1.54) is 21.1 Å². The fourth-order valence-electron chi connectivity index (χ4n) is 4.06. The van der Waals surface area contributed by atoms with E-state index in [0.717, 1.165) is 4.68 Å². The molecule has 0 saturated heterocycles. The minimum Gasteiger partial charge on any atom is -0.399 e. The SMILES string of the molecule is CCCS(=O)(=O)Oc1c(C(=O)C2C/C(=N\OC)c3c(C)ccc(C)c3S2(=O)=O)c(C)nn1C. The van der Waals surface area contributed by atoms with Crippen molar-refractivity contribution < 1.29 is 30.7 Å². The van der Waals surface area contributed by atoms with Crippen LogP contribution >= 0.6 is 0 Å². The maximum atomic E-state index is 13.7. The first-order valence-electron chi connectivity index (χ1n) is 10.3. The lowest BCUT2D eigenvalue weighted by Crippen LogP contribution is -2.39. The molecule has 2 aromatic rings. The van der Waals surface area contributed by atoms with Crippen molar-refractivity contribution in [2.75, 3.05) is 12.9 Å². The summed E-state index contributed by atoms with van der Waals surface area (Å²) in [6.07, 6.45) is 0.0769. The predicted octanol–water partition coefficient (Wildman–Crippen LogP) is 2.24. The number of nitrogens with zero attached hydrogens (tertiary/aromatic N) is 3. The van der Waals surface area contributed by atoms with Crippen LogP contribution in [0.4, 0.5) is 0 Å². The van der Waals surface area contributed by atoms with Crippen LogP contribution in [0.2, 0.25) is 0 Å². The van der Waals surface area contributed by atoms with Gasteiger partial charge in [-0.25, -0.2) is 13.1 Å². The van der Waals surface area contributed by atoms with E-state index >= 15 is 0 Å². The third-order valence-electron chi connectivity index (χ3n) is 5.46. The summed E-state index contributed by atoms with van der Waals surface area (Å²) in [5.41, 5.74) is 1.89. The summed E-state index contributed by atoms with van der Waals surface area (Å²) in [5.74, 6) is -1.38. The van der Waals surface area contributed by atoms with Crippen molar-refractivity contribution in [3.8, 4) is 5.88 Å². The summed E-state index contributed by atoms with van der Waals surface area (Å²) in [6.45, 7) is 6.58. The predicted molar refractivity (Wildman–Crippen MR) is 122 cm³/mol. The molecule has 1 aromatic carbocycles. The molecule has 1 atom stereocenters. The van der Waals surface area contributed by atoms with Crippen LogP contribution in [0.3, 0.4) is 0 Å². The summed E-state index contributed by atoms with van der Waals surface area (Å²) in [5, 5.41) is 6.57. The number of Topliss-reactive ketones (excluding diaryl/α,β-unsaturated/α-hetero) is 1. The standard InChI is InChI=1S/C21H27N3O7S2/c1-7-10-32(26,27)31-21-18(14(4)22-24(21)5)19(25)16-11-15(23-30-6)17-12(2)8-9-13(3)20(17)33(16,28)29/h8-9,16H,7,10-11H2,1-6H3/b23-15+. The zero-order valence-corrected chi connectivity index (χ0v) is 21.0. The quantitative estimate of drug-likeness (QED) is 0.323. The van der Waals surface area contributed by atoms with Crippen molar-refractivity contribution in [2.24, 2.45) is 12.2 Å². The Balaban J connectivity index is 2.20. The van der Waals surface area contributed by atoms with Crippen molar-refractivity contribution in [1.82, 2.24) is 9.78 Å². The minimum atomic E-state index is -4.14. The molecule has 10 nitrogen and oxygen atoms in total. The lowest BCUT2D eigenvalue weighted by Gasteiger charge is -2.27. The minimum absolute atomic E-state index is 0.0190. The number of carbonyl (C=O) groups excluding carboxylic acids is 1. The second-order valence-corrected chi connectivity index (χ2v) is 11.7. The van der Waals surface area contributed by atoms with Crippen LogP contribution in [0.1, 0.15) is 52.5 Å². The van der Waals surface area contributed by atoms with Gasteiger partial charge in [-0.2, -0.15) is 13.5 Å². The largest absolute Gasteiger partial charge is 0.399 e. The van der Waals surface area contributed by atoms with Crippen LogP contribution in [0, 0.1) is 20.8 Å². The molecule has 0 radical (unpaired) electrons. The fourth-order valence-corrected chi connectivity index (χ4v) is 7.21. The van der Waals surface area contributed by atoms with E-state index in [4.69, 9.17) is 9.02 Å². The van der Waals surface area contributed by atoms with Crippen molar-refractivity contribution in [3.63, 3.8) is 0 Å². The van der Waals surface area contributed by atoms with Gasteiger partial charge >= 0.3 is 10.1 Å². The van der Waals surface area contributed by atoms with Crippen LogP contribution < -0.4 is 4.18 Å². The van der Waals surface area contributed by atoms with E-state index in [1.54, 1.807) is 32.9 Å². The molecule has 0 aliphatic carbocycles. The Morgan fingerprint density at radius 3 is 2.48 bits per heavy atom.